The number of hydrogen-bond donors (Lipinski definition) is 2. The largest absolute Gasteiger partial charge is 0.504 e. The van der Waals surface area contributed by atoms with E-state index >= 15 is 0 Å². The van der Waals surface area contributed by atoms with Gasteiger partial charge in [0.2, 0.25) is 0 Å². The van der Waals surface area contributed by atoms with Crippen LogP contribution in [0, 0.1) is 11.3 Å². The van der Waals surface area contributed by atoms with Crippen LogP contribution >= 0.6 is 0 Å². The quantitative estimate of drug-likeness (QED) is 0.563. The molecular weight excluding hydrogens is 352 g/mol. The van der Waals surface area contributed by atoms with Crippen LogP contribution in [-0.4, -0.2) is 22.2 Å². The molecule has 0 bridgehead atoms. The summed E-state index contributed by atoms with van der Waals surface area (Å²) in [4.78, 5) is 8.77. The second-order valence-corrected chi connectivity index (χ2v) is 6.19. The molecule has 2 aromatic carbocycles. The van der Waals surface area contributed by atoms with Crippen molar-refractivity contribution in [2.45, 2.75) is 0 Å². The van der Waals surface area contributed by atoms with Crippen molar-refractivity contribution in [2.75, 3.05) is 12.8 Å². The maximum atomic E-state index is 9.85. The molecule has 0 aliphatic heterocycles. The fourth-order valence-corrected chi connectivity index (χ4v) is 3.22. The van der Waals surface area contributed by atoms with Crippen LogP contribution in [0.1, 0.15) is 5.56 Å². The third-order valence-corrected chi connectivity index (χ3v) is 4.57. The highest BCUT2D eigenvalue weighted by molar-refractivity contribution is 5.97. The van der Waals surface area contributed by atoms with E-state index in [0.717, 1.165) is 16.5 Å². The number of nitrogens with two attached hydrogens (primary N) is 1. The van der Waals surface area contributed by atoms with E-state index in [2.05, 4.69) is 16.0 Å². The lowest BCUT2D eigenvalue weighted by molar-refractivity contribution is 0.373. The van der Waals surface area contributed by atoms with Crippen LogP contribution in [0.4, 0.5) is 5.82 Å². The average molecular weight is 368 g/mol. The Morgan fingerprint density at radius 1 is 1.07 bits per heavy atom. The molecule has 0 aliphatic rings. The first-order valence-electron chi connectivity index (χ1n) is 8.54. The molecular formula is C22H16N4O2. The Bertz CT molecular complexity index is 1240. The minimum atomic E-state index is 0.0354. The number of pyridine rings is 2. The molecule has 0 spiro atoms. The Labute approximate surface area is 161 Å². The second kappa shape index (κ2) is 6.89. The number of aromatic nitrogens is 2. The molecule has 0 fully saturated rings. The Morgan fingerprint density at radius 3 is 2.71 bits per heavy atom. The van der Waals surface area contributed by atoms with E-state index in [4.69, 9.17) is 10.5 Å². The molecule has 0 saturated carbocycles. The number of nitrogens with zero attached hydrogens (tertiary/aromatic N) is 3. The van der Waals surface area contributed by atoms with Crippen LogP contribution in [0.15, 0.2) is 60.8 Å². The van der Waals surface area contributed by atoms with E-state index < -0.39 is 0 Å². The number of phenolic OH excluding ortho intramolecular Hbond substituents is 1. The molecule has 0 amide bonds. The van der Waals surface area contributed by atoms with Crippen LogP contribution in [0.25, 0.3) is 33.3 Å². The SMILES string of the molecule is COc1cc(-c2cc(-c3cccc4ncccc34)c(C#N)c(N)n2)ccc1O. The second-order valence-electron chi connectivity index (χ2n) is 6.19. The Balaban J connectivity index is 1.99. The number of aromatic hydroxyl groups is 1. The molecule has 0 radical (unpaired) electrons. The molecule has 0 saturated heterocycles. The van der Waals surface area contributed by atoms with E-state index in [-0.39, 0.29) is 11.6 Å². The van der Waals surface area contributed by atoms with Crippen molar-refractivity contribution in [3.8, 4) is 40.0 Å². The van der Waals surface area contributed by atoms with E-state index in [0.29, 0.717) is 28.1 Å². The van der Waals surface area contributed by atoms with Crippen LogP contribution in [0.3, 0.4) is 0 Å². The number of methoxy groups -OCH3 is 1. The van der Waals surface area contributed by atoms with E-state index in [1.807, 2.05) is 36.4 Å². The average Bonchev–Trinajstić information content (AvgIpc) is 2.73. The van der Waals surface area contributed by atoms with Gasteiger partial charge in [0, 0.05) is 22.7 Å². The van der Waals surface area contributed by atoms with E-state index in [9.17, 15) is 10.4 Å². The number of anilines is 1. The number of phenols is 1. The summed E-state index contributed by atoms with van der Waals surface area (Å²) in [5, 5.41) is 20.4. The summed E-state index contributed by atoms with van der Waals surface area (Å²) in [5.74, 6) is 0.509. The van der Waals surface area contributed by atoms with Crippen molar-refractivity contribution in [1.29, 1.82) is 5.26 Å². The Hall–Kier alpha value is -4.11. The molecule has 2 heterocycles. The maximum Gasteiger partial charge on any atom is 0.161 e. The summed E-state index contributed by atoms with van der Waals surface area (Å²) in [6.07, 6.45) is 1.73. The number of benzene rings is 2. The smallest absolute Gasteiger partial charge is 0.161 e. The minimum Gasteiger partial charge on any atom is -0.504 e. The monoisotopic (exact) mass is 368 g/mol. The first-order valence-corrected chi connectivity index (χ1v) is 8.54. The Kier molecular flexibility index (Phi) is 4.26. The molecule has 3 N–H and O–H groups in total. The molecule has 28 heavy (non-hydrogen) atoms. The Morgan fingerprint density at radius 2 is 1.93 bits per heavy atom. The molecule has 6 nitrogen and oxygen atoms in total. The fraction of sp³-hybridized carbons (Fsp3) is 0.0455. The lowest BCUT2D eigenvalue weighted by Crippen LogP contribution is -2.00. The molecule has 4 rings (SSSR count). The number of fused-ring (bicyclic) bond motifs is 1. The lowest BCUT2D eigenvalue weighted by Gasteiger charge is -2.13. The summed E-state index contributed by atoms with van der Waals surface area (Å²) in [5.41, 5.74) is 10.1. The van der Waals surface area contributed by atoms with Gasteiger partial charge in [0.15, 0.2) is 11.5 Å². The third-order valence-electron chi connectivity index (χ3n) is 4.57. The topological polar surface area (TPSA) is 105 Å². The summed E-state index contributed by atoms with van der Waals surface area (Å²) in [6, 6.07) is 18.5. The third kappa shape index (κ3) is 2.85. The zero-order valence-electron chi connectivity index (χ0n) is 15.0. The van der Waals surface area contributed by atoms with Crippen LogP contribution in [0.5, 0.6) is 11.5 Å². The molecule has 136 valence electrons. The number of nitriles is 1. The predicted molar refractivity (Wildman–Crippen MR) is 108 cm³/mol. The first kappa shape index (κ1) is 17.3. The fourth-order valence-electron chi connectivity index (χ4n) is 3.22. The first-order chi connectivity index (χ1) is 13.6. The normalized spacial score (nSPS) is 10.6. The van der Waals surface area contributed by atoms with Gasteiger partial charge in [-0.1, -0.05) is 18.2 Å². The van der Waals surface area contributed by atoms with Gasteiger partial charge in [0.25, 0.3) is 0 Å². The lowest BCUT2D eigenvalue weighted by atomic mass is 9.95. The van der Waals surface area contributed by atoms with Crippen molar-refractivity contribution >= 4 is 16.7 Å². The number of nitrogen functional groups attached to an aromatic ring is 1. The minimum absolute atomic E-state index is 0.0354. The van der Waals surface area contributed by atoms with Crippen LogP contribution < -0.4 is 10.5 Å². The summed E-state index contributed by atoms with van der Waals surface area (Å²) in [6.45, 7) is 0. The van der Waals surface area contributed by atoms with Gasteiger partial charge >= 0.3 is 0 Å². The number of hydrogen-bond acceptors (Lipinski definition) is 6. The highest BCUT2D eigenvalue weighted by Gasteiger charge is 2.16. The van der Waals surface area contributed by atoms with Gasteiger partial charge in [0.05, 0.1) is 18.3 Å². The summed E-state index contributed by atoms with van der Waals surface area (Å²) in [7, 11) is 1.48. The van der Waals surface area contributed by atoms with E-state index in [1.54, 1.807) is 18.3 Å². The van der Waals surface area contributed by atoms with Crippen LogP contribution in [0.2, 0.25) is 0 Å². The van der Waals surface area contributed by atoms with Gasteiger partial charge < -0.3 is 15.6 Å². The van der Waals surface area contributed by atoms with E-state index in [1.165, 1.54) is 13.2 Å². The molecule has 0 unspecified atom stereocenters. The molecule has 0 atom stereocenters. The van der Waals surface area contributed by atoms with Gasteiger partial charge in [0.1, 0.15) is 17.5 Å². The molecule has 2 aromatic heterocycles. The predicted octanol–water partition coefficient (Wildman–Crippen LogP) is 4.13. The van der Waals surface area contributed by atoms with Gasteiger partial charge in [-0.3, -0.25) is 4.98 Å². The molecule has 6 heteroatoms. The maximum absolute atomic E-state index is 9.85. The van der Waals surface area contributed by atoms with Crippen molar-refractivity contribution in [1.82, 2.24) is 9.97 Å². The van der Waals surface area contributed by atoms with Gasteiger partial charge in [-0.25, -0.2) is 4.98 Å². The van der Waals surface area contributed by atoms with Gasteiger partial charge in [-0.05, 0) is 42.0 Å². The number of rotatable bonds is 3. The van der Waals surface area contributed by atoms with Crippen LogP contribution in [-0.2, 0) is 0 Å². The zero-order valence-corrected chi connectivity index (χ0v) is 15.0. The zero-order chi connectivity index (χ0) is 19.7. The van der Waals surface area contributed by atoms with Crippen molar-refractivity contribution in [3.63, 3.8) is 0 Å². The standard InChI is InChI=1S/C22H16N4O2/c1-28-21-10-13(7-8-20(21)27)19-11-16(17(12-23)22(24)26-19)14-4-2-6-18-15(14)5-3-9-25-18/h2-11,27H,1H3,(H2,24,26). The van der Waals surface area contributed by atoms with Crippen molar-refractivity contribution < 1.29 is 9.84 Å². The summed E-state index contributed by atoms with van der Waals surface area (Å²) < 4.78 is 5.19. The van der Waals surface area contributed by atoms with Crippen molar-refractivity contribution in [3.05, 3.63) is 66.4 Å². The van der Waals surface area contributed by atoms with Gasteiger partial charge in [-0.2, -0.15) is 5.26 Å². The summed E-state index contributed by atoms with van der Waals surface area (Å²) >= 11 is 0. The van der Waals surface area contributed by atoms with Crippen molar-refractivity contribution in [2.24, 2.45) is 0 Å². The molecule has 4 aromatic rings. The molecule has 0 aliphatic carbocycles. The highest BCUT2D eigenvalue weighted by atomic mass is 16.5. The number of ether oxygens (including phenoxy) is 1. The van der Waals surface area contributed by atoms with Gasteiger partial charge in [-0.15, -0.1) is 0 Å². The highest BCUT2D eigenvalue weighted by Crippen LogP contribution is 2.36.